The van der Waals surface area contributed by atoms with Gasteiger partial charge in [0.25, 0.3) is 5.96 Å². The van der Waals surface area contributed by atoms with Gasteiger partial charge < -0.3 is 14.1 Å². The van der Waals surface area contributed by atoms with Crippen molar-refractivity contribution in [1.82, 2.24) is 4.81 Å². The average molecular weight is 473 g/mol. The maximum absolute atomic E-state index is 3.05. The van der Waals surface area contributed by atoms with Gasteiger partial charge in [-0.25, -0.2) is 0 Å². The summed E-state index contributed by atoms with van der Waals surface area (Å²) in [5, 5.41) is 0. The molecule has 4 fully saturated rings. The van der Waals surface area contributed by atoms with Crippen molar-refractivity contribution in [2.75, 3.05) is 4.81 Å². The first kappa shape index (κ1) is 24.0. The molecule has 190 valence electrons. The van der Waals surface area contributed by atoms with Gasteiger partial charge in [-0.2, -0.15) is 0 Å². The van der Waals surface area contributed by atoms with E-state index in [1.165, 1.54) is 88.3 Å². The van der Waals surface area contributed by atoms with Crippen LogP contribution in [0.15, 0.2) is 24.3 Å². The third-order valence-corrected chi connectivity index (χ3v) is 11.2. The smallest absolute Gasteiger partial charge is 0.343 e. The van der Waals surface area contributed by atoms with E-state index >= 15 is 0 Å². The van der Waals surface area contributed by atoms with Gasteiger partial charge in [0, 0.05) is 6.04 Å². The van der Waals surface area contributed by atoms with E-state index in [0.29, 0.717) is 12.1 Å². The standard InChI is InChI=1S/C30H49B2N3/c1-22(2)33(31-25-10-6-11-26(31)13-7-12-25)30-34(23(3)4)32(27-14-8-15-28(32)17-9-16-27)35(30)29-20-18-24(5)19-21-29/h18-23,25-28H,6-17H2,1-5H3. The Hall–Kier alpha value is -1.38. The Kier molecular flexibility index (Phi) is 6.29. The van der Waals surface area contributed by atoms with Gasteiger partial charge in [-0.1, -0.05) is 106 Å². The normalized spacial score (nSPS) is 34.6. The quantitative estimate of drug-likeness (QED) is 0.411. The van der Waals surface area contributed by atoms with Crippen LogP contribution in [0.2, 0.25) is 23.3 Å². The molecule has 4 saturated heterocycles. The molecule has 0 unspecified atom stereocenters. The Balaban J connectivity index is 1.55. The van der Waals surface area contributed by atoms with Crippen molar-refractivity contribution < 1.29 is 4.49 Å². The lowest BCUT2D eigenvalue weighted by Gasteiger charge is -2.70. The number of fused-ring (bicyclic) bond motifs is 2. The highest BCUT2D eigenvalue weighted by Gasteiger charge is 2.67. The van der Waals surface area contributed by atoms with E-state index in [4.69, 9.17) is 0 Å². The summed E-state index contributed by atoms with van der Waals surface area (Å²) >= 11 is 0. The average Bonchev–Trinajstić information content (AvgIpc) is 2.79. The molecule has 1 aromatic carbocycles. The van der Waals surface area contributed by atoms with Crippen LogP contribution in [0.1, 0.15) is 110 Å². The predicted molar refractivity (Wildman–Crippen MR) is 153 cm³/mol. The molecule has 6 rings (SSSR count). The summed E-state index contributed by atoms with van der Waals surface area (Å²) in [6.45, 7) is 13.0. The maximum Gasteiger partial charge on any atom is 0.343 e. The van der Waals surface area contributed by atoms with Crippen molar-refractivity contribution in [1.29, 1.82) is 0 Å². The highest BCUT2D eigenvalue weighted by molar-refractivity contribution is 6.87. The molecule has 0 radical (unpaired) electrons. The number of hydrogen-bond acceptors (Lipinski definition) is 2. The predicted octanol–water partition coefficient (Wildman–Crippen LogP) is 7.95. The van der Waals surface area contributed by atoms with Crippen LogP contribution >= 0.6 is 0 Å². The second kappa shape index (κ2) is 9.18. The third kappa shape index (κ3) is 3.57. The first-order valence-corrected chi connectivity index (χ1v) is 15.4. The molecule has 35 heavy (non-hydrogen) atoms. The summed E-state index contributed by atoms with van der Waals surface area (Å²) in [4.78, 5) is 5.99. The molecule has 0 N–H and O–H groups in total. The molecule has 0 amide bonds. The molecule has 5 heterocycles. The summed E-state index contributed by atoms with van der Waals surface area (Å²) in [6.07, 6.45) is 16.6. The lowest BCUT2D eigenvalue weighted by molar-refractivity contribution is -0.465. The fraction of sp³-hybridized carbons (Fsp3) is 0.767. The van der Waals surface area contributed by atoms with Crippen LogP contribution in [0, 0.1) is 6.92 Å². The number of benzene rings is 1. The summed E-state index contributed by atoms with van der Waals surface area (Å²) in [5.74, 6) is 5.09. The Labute approximate surface area is 215 Å². The fourth-order valence-corrected chi connectivity index (χ4v) is 10.2. The van der Waals surface area contributed by atoms with Crippen molar-refractivity contribution in [3.63, 3.8) is 0 Å². The topological polar surface area (TPSA) is 9.49 Å². The van der Waals surface area contributed by atoms with Gasteiger partial charge in [0.05, 0.1) is 11.7 Å². The van der Waals surface area contributed by atoms with Crippen LogP contribution in [0.4, 0.5) is 5.69 Å². The number of rotatable bonds is 4. The van der Waals surface area contributed by atoms with Crippen molar-refractivity contribution in [2.45, 2.75) is 147 Å². The molecule has 0 saturated carbocycles. The van der Waals surface area contributed by atoms with Gasteiger partial charge in [0.15, 0.2) is 0 Å². The second-order valence-electron chi connectivity index (χ2n) is 13.7. The Morgan fingerprint density at radius 2 is 1.29 bits per heavy atom. The summed E-state index contributed by atoms with van der Waals surface area (Å²) in [7, 11) is 0. The molecule has 0 aromatic heterocycles. The van der Waals surface area contributed by atoms with E-state index in [-0.39, 0.29) is 0 Å². The molecule has 5 aliphatic rings. The highest BCUT2D eigenvalue weighted by Crippen LogP contribution is 2.60. The molecule has 0 aliphatic carbocycles. The minimum Gasteiger partial charge on any atom is -0.421 e. The third-order valence-electron chi connectivity index (χ3n) is 11.2. The van der Waals surface area contributed by atoms with Crippen LogP contribution in [0.3, 0.4) is 0 Å². The van der Waals surface area contributed by atoms with Crippen LogP contribution < -0.4 is 4.81 Å². The minimum absolute atomic E-state index is 0.543. The van der Waals surface area contributed by atoms with E-state index in [1.807, 2.05) is 0 Å². The minimum atomic E-state index is -0.725. The van der Waals surface area contributed by atoms with Crippen molar-refractivity contribution in [3.05, 3.63) is 29.8 Å². The first-order valence-electron chi connectivity index (χ1n) is 15.4. The number of aryl methyl sites for hydroxylation is 1. The molecule has 0 atom stereocenters. The van der Waals surface area contributed by atoms with Crippen molar-refractivity contribution >= 4 is 24.9 Å². The Bertz CT molecular complexity index is 911. The fourth-order valence-electron chi connectivity index (χ4n) is 10.2. The molecule has 5 heteroatoms. The highest BCUT2D eigenvalue weighted by atomic mass is 15.5. The Morgan fingerprint density at radius 1 is 0.800 bits per heavy atom. The van der Waals surface area contributed by atoms with Crippen LogP contribution in [-0.2, 0) is 0 Å². The number of guanidine groups is 1. The van der Waals surface area contributed by atoms with Gasteiger partial charge in [-0.05, 0) is 58.4 Å². The lowest BCUT2D eigenvalue weighted by Crippen LogP contribution is -2.86. The molecule has 4 bridgehead atoms. The van der Waals surface area contributed by atoms with Gasteiger partial charge in [-0.15, -0.1) is 0 Å². The Morgan fingerprint density at radius 3 is 1.74 bits per heavy atom. The van der Waals surface area contributed by atoms with Crippen molar-refractivity contribution in [2.24, 2.45) is 0 Å². The summed E-state index contributed by atoms with van der Waals surface area (Å²) < 4.78 is 3.05. The summed E-state index contributed by atoms with van der Waals surface area (Å²) in [6, 6.07) is 10.8. The van der Waals surface area contributed by atoms with E-state index in [9.17, 15) is 0 Å². The van der Waals surface area contributed by atoms with E-state index < -0.39 is 6.42 Å². The van der Waals surface area contributed by atoms with Gasteiger partial charge in [0.2, 0.25) is 0 Å². The molecular weight excluding hydrogens is 424 g/mol. The maximum atomic E-state index is 3.05. The van der Waals surface area contributed by atoms with E-state index in [0.717, 1.165) is 30.1 Å². The lowest BCUT2D eigenvalue weighted by atomic mass is 9.20. The molecule has 1 aromatic rings. The number of anilines is 1. The van der Waals surface area contributed by atoms with Gasteiger partial charge >= 0.3 is 13.3 Å². The van der Waals surface area contributed by atoms with Crippen molar-refractivity contribution in [3.8, 4) is 0 Å². The molecule has 1 spiro atoms. The largest absolute Gasteiger partial charge is 0.421 e. The molecule has 3 nitrogen and oxygen atoms in total. The van der Waals surface area contributed by atoms with Crippen LogP contribution in [0.25, 0.3) is 0 Å². The van der Waals surface area contributed by atoms with E-state index in [2.05, 4.69) is 73.0 Å². The van der Waals surface area contributed by atoms with Gasteiger partial charge in [0.1, 0.15) is 0 Å². The van der Waals surface area contributed by atoms with Crippen LogP contribution in [-0.4, -0.2) is 40.6 Å². The van der Waals surface area contributed by atoms with E-state index in [1.54, 1.807) is 5.96 Å². The first-order chi connectivity index (χ1) is 16.9. The zero-order valence-electron chi connectivity index (χ0n) is 23.3. The SMILES string of the molecule is Cc1ccc(N2C(N(B3C4CCCC3CCC4)C(C)C)=[N+](C(C)C)[B-]23C2CCCC3CCC2)cc1. The summed E-state index contributed by atoms with van der Waals surface area (Å²) in [5.41, 5.74) is 2.86. The number of nitrogens with zero attached hydrogens (tertiary/aromatic N) is 3. The van der Waals surface area contributed by atoms with Crippen LogP contribution in [0.5, 0.6) is 0 Å². The zero-order valence-corrected chi connectivity index (χ0v) is 23.3. The molecular formula is C30H49B2N3. The zero-order chi connectivity index (χ0) is 24.3. The van der Waals surface area contributed by atoms with Gasteiger partial charge in [-0.3, -0.25) is 0 Å². The second-order valence-corrected chi connectivity index (χ2v) is 13.7. The number of hydrogen-bond donors (Lipinski definition) is 0. The monoisotopic (exact) mass is 473 g/mol. The molecule has 5 aliphatic heterocycles.